The lowest BCUT2D eigenvalue weighted by Gasteiger charge is -2.56. The van der Waals surface area contributed by atoms with Crippen LogP contribution in [-0.4, -0.2) is 52.6 Å². The molecule has 0 radical (unpaired) electrons. The molecule has 1 unspecified atom stereocenters. The number of hydrogen-bond donors (Lipinski definition) is 3. The number of likely N-dealkylation sites (tertiary alicyclic amines) is 1. The number of carboxylic acids is 1. The highest BCUT2D eigenvalue weighted by atomic mass is 16.4. The Balaban J connectivity index is 1.28. The number of carbonyl (C=O) groups is 3. The Hall–Kier alpha value is -1.63. The predicted molar refractivity (Wildman–Crippen MR) is 99.0 cm³/mol. The van der Waals surface area contributed by atoms with Crippen LogP contribution in [0.2, 0.25) is 0 Å². The van der Waals surface area contributed by atoms with E-state index in [-0.39, 0.29) is 23.4 Å². The Morgan fingerprint density at radius 3 is 2.00 bits per heavy atom. The second-order valence-corrected chi connectivity index (χ2v) is 9.47. The van der Waals surface area contributed by atoms with Crippen molar-refractivity contribution in [3.8, 4) is 0 Å². The van der Waals surface area contributed by atoms with E-state index in [1.807, 2.05) is 4.90 Å². The van der Waals surface area contributed by atoms with Crippen molar-refractivity contribution in [1.82, 2.24) is 15.5 Å². The van der Waals surface area contributed by atoms with E-state index in [4.69, 9.17) is 5.11 Å². The van der Waals surface area contributed by atoms with Gasteiger partial charge in [-0.2, -0.15) is 0 Å². The SMILES string of the molecule is CC(C(=O)NC(=O)NC12CC3CC(CC(C3)C1)C2)N1CCC(C(=O)O)CC1. The van der Waals surface area contributed by atoms with Crippen LogP contribution in [0.15, 0.2) is 0 Å². The third-order valence-corrected chi connectivity index (χ3v) is 7.46. The third-order valence-electron chi connectivity index (χ3n) is 7.46. The molecule has 5 rings (SSSR count). The van der Waals surface area contributed by atoms with Gasteiger partial charge in [0.1, 0.15) is 0 Å². The molecule has 7 heteroatoms. The maximum atomic E-state index is 12.5. The maximum Gasteiger partial charge on any atom is 0.321 e. The Labute approximate surface area is 160 Å². The molecule has 1 heterocycles. The van der Waals surface area contributed by atoms with Crippen molar-refractivity contribution in [2.45, 2.75) is 69.9 Å². The monoisotopic (exact) mass is 377 g/mol. The van der Waals surface area contributed by atoms with Crippen LogP contribution in [-0.2, 0) is 9.59 Å². The van der Waals surface area contributed by atoms with Crippen molar-refractivity contribution >= 4 is 17.9 Å². The second kappa shape index (κ2) is 7.08. The summed E-state index contributed by atoms with van der Waals surface area (Å²) < 4.78 is 0. The fourth-order valence-electron chi connectivity index (χ4n) is 6.45. The molecule has 4 aliphatic carbocycles. The molecule has 0 aromatic carbocycles. The van der Waals surface area contributed by atoms with Crippen LogP contribution < -0.4 is 10.6 Å². The molecule has 7 nitrogen and oxygen atoms in total. The van der Waals surface area contributed by atoms with Gasteiger partial charge >= 0.3 is 12.0 Å². The zero-order valence-electron chi connectivity index (χ0n) is 16.1. The Kier molecular flexibility index (Phi) is 4.91. The molecule has 1 saturated heterocycles. The number of aliphatic carboxylic acids is 1. The largest absolute Gasteiger partial charge is 0.481 e. The molecule has 150 valence electrons. The summed E-state index contributed by atoms with van der Waals surface area (Å²) in [6.07, 6.45) is 8.19. The first-order valence-electron chi connectivity index (χ1n) is 10.4. The first-order valence-corrected chi connectivity index (χ1v) is 10.4. The number of imide groups is 1. The molecule has 0 aromatic heterocycles. The Bertz CT molecular complexity index is 591. The minimum absolute atomic E-state index is 0.109. The first kappa shape index (κ1) is 18.7. The van der Waals surface area contributed by atoms with Crippen LogP contribution >= 0.6 is 0 Å². The zero-order chi connectivity index (χ0) is 19.2. The van der Waals surface area contributed by atoms with E-state index in [1.54, 1.807) is 6.92 Å². The average Bonchev–Trinajstić information content (AvgIpc) is 2.59. The molecule has 3 amide bonds. The number of piperidine rings is 1. The van der Waals surface area contributed by atoms with Crippen LogP contribution in [0.1, 0.15) is 58.3 Å². The summed E-state index contributed by atoms with van der Waals surface area (Å²) in [7, 11) is 0. The third kappa shape index (κ3) is 3.84. The van der Waals surface area contributed by atoms with Gasteiger partial charge in [0.2, 0.25) is 5.91 Å². The minimum Gasteiger partial charge on any atom is -0.481 e. The number of nitrogens with one attached hydrogen (secondary N) is 2. The van der Waals surface area contributed by atoms with E-state index in [0.717, 1.165) is 37.0 Å². The summed E-state index contributed by atoms with van der Waals surface area (Å²) in [5.74, 6) is 0.828. The lowest BCUT2D eigenvalue weighted by Crippen LogP contribution is -2.62. The van der Waals surface area contributed by atoms with Gasteiger partial charge in [-0.15, -0.1) is 0 Å². The number of hydrogen-bond acceptors (Lipinski definition) is 4. The van der Waals surface area contributed by atoms with Crippen LogP contribution in [0, 0.1) is 23.7 Å². The molecule has 4 saturated carbocycles. The number of carboxylic acid groups (broad SMARTS) is 1. The van der Waals surface area contributed by atoms with Gasteiger partial charge in [0, 0.05) is 5.54 Å². The summed E-state index contributed by atoms with van der Waals surface area (Å²) in [4.78, 5) is 38.1. The molecule has 5 aliphatic rings. The fraction of sp³-hybridized carbons (Fsp3) is 0.850. The Morgan fingerprint density at radius 2 is 1.52 bits per heavy atom. The van der Waals surface area contributed by atoms with Crippen molar-refractivity contribution < 1.29 is 19.5 Å². The van der Waals surface area contributed by atoms with Gasteiger partial charge in [-0.1, -0.05) is 0 Å². The normalized spacial score (nSPS) is 37.0. The van der Waals surface area contributed by atoms with Crippen molar-refractivity contribution in [3.63, 3.8) is 0 Å². The molecule has 1 aliphatic heterocycles. The van der Waals surface area contributed by atoms with Gasteiger partial charge in [0.25, 0.3) is 0 Å². The summed E-state index contributed by atoms with van der Waals surface area (Å²) in [6, 6.07) is -0.795. The zero-order valence-corrected chi connectivity index (χ0v) is 16.1. The molecular formula is C20H31N3O4. The molecule has 1 atom stereocenters. The minimum atomic E-state index is -0.762. The smallest absolute Gasteiger partial charge is 0.321 e. The van der Waals surface area contributed by atoms with Crippen molar-refractivity contribution in [1.29, 1.82) is 0 Å². The molecule has 0 spiro atoms. The van der Waals surface area contributed by atoms with Gasteiger partial charge in [-0.05, 0) is 89.1 Å². The topological polar surface area (TPSA) is 98.7 Å². The van der Waals surface area contributed by atoms with Crippen molar-refractivity contribution in [3.05, 3.63) is 0 Å². The number of carbonyl (C=O) groups excluding carboxylic acids is 2. The molecular weight excluding hydrogens is 346 g/mol. The van der Waals surface area contributed by atoms with E-state index >= 15 is 0 Å². The van der Waals surface area contributed by atoms with Gasteiger partial charge in [-0.25, -0.2) is 4.79 Å². The van der Waals surface area contributed by atoms with E-state index in [0.29, 0.717) is 25.9 Å². The number of urea groups is 1. The van der Waals surface area contributed by atoms with Gasteiger partial charge < -0.3 is 10.4 Å². The molecule has 0 aromatic rings. The Morgan fingerprint density at radius 1 is 1.00 bits per heavy atom. The average molecular weight is 377 g/mol. The first-order chi connectivity index (χ1) is 12.8. The lowest BCUT2D eigenvalue weighted by molar-refractivity contribution is -0.143. The molecule has 3 N–H and O–H groups in total. The fourth-order valence-corrected chi connectivity index (χ4v) is 6.45. The molecule has 5 fully saturated rings. The maximum absolute atomic E-state index is 12.5. The van der Waals surface area contributed by atoms with Crippen molar-refractivity contribution in [2.24, 2.45) is 23.7 Å². The highest BCUT2D eigenvalue weighted by Gasteiger charge is 2.51. The number of amides is 3. The number of nitrogens with zero attached hydrogens (tertiary/aromatic N) is 1. The summed E-state index contributed by atoms with van der Waals surface area (Å²) >= 11 is 0. The van der Waals surface area contributed by atoms with Crippen molar-refractivity contribution in [2.75, 3.05) is 13.1 Å². The summed E-state index contributed by atoms with van der Waals surface area (Å²) in [5.41, 5.74) is -0.109. The predicted octanol–water partition coefficient (Wildman–Crippen LogP) is 1.97. The van der Waals surface area contributed by atoms with Crippen LogP contribution in [0.3, 0.4) is 0 Å². The van der Waals surface area contributed by atoms with E-state index in [9.17, 15) is 14.4 Å². The van der Waals surface area contributed by atoms with Crippen LogP contribution in [0.25, 0.3) is 0 Å². The van der Waals surface area contributed by atoms with Gasteiger partial charge in [0.05, 0.1) is 12.0 Å². The highest BCUT2D eigenvalue weighted by Crippen LogP contribution is 2.55. The quantitative estimate of drug-likeness (QED) is 0.696. The van der Waals surface area contributed by atoms with Crippen LogP contribution in [0.5, 0.6) is 0 Å². The summed E-state index contributed by atoms with van der Waals surface area (Å²) in [6.45, 7) is 2.93. The van der Waals surface area contributed by atoms with Gasteiger partial charge in [-0.3, -0.25) is 19.8 Å². The molecule has 27 heavy (non-hydrogen) atoms. The standard InChI is InChI=1S/C20H31N3O4/c1-12(23-4-2-16(3-5-23)18(25)26)17(24)21-19(27)22-20-9-13-6-14(10-20)8-15(7-13)11-20/h12-16H,2-11H2,1H3,(H,25,26)(H2,21,22,24,27). The van der Waals surface area contributed by atoms with E-state index in [2.05, 4.69) is 10.6 Å². The lowest BCUT2D eigenvalue weighted by atomic mass is 9.53. The van der Waals surface area contributed by atoms with E-state index < -0.39 is 12.0 Å². The summed E-state index contributed by atoms with van der Waals surface area (Å²) in [5, 5.41) is 14.8. The number of rotatable bonds is 4. The highest BCUT2D eigenvalue weighted by molar-refractivity contribution is 5.97. The van der Waals surface area contributed by atoms with E-state index in [1.165, 1.54) is 19.3 Å². The van der Waals surface area contributed by atoms with Gasteiger partial charge in [0.15, 0.2) is 0 Å². The molecule has 4 bridgehead atoms. The van der Waals surface area contributed by atoms with Crippen LogP contribution in [0.4, 0.5) is 4.79 Å². The second-order valence-electron chi connectivity index (χ2n) is 9.47.